The Balaban J connectivity index is 0.00000625. The van der Waals surface area contributed by atoms with Crippen LogP contribution in [0.1, 0.15) is 12.5 Å². The number of benzene rings is 1. The molecule has 0 amide bonds. The fraction of sp³-hybridized carbons (Fsp3) is 0.533. The van der Waals surface area contributed by atoms with Crippen molar-refractivity contribution in [3.63, 3.8) is 0 Å². The molecule has 0 fully saturated rings. The predicted molar refractivity (Wildman–Crippen MR) is 106 cm³/mol. The Morgan fingerprint density at radius 3 is 2.31 bits per heavy atom. The number of aliphatic imine (C=N–C) groups is 1. The lowest BCUT2D eigenvalue weighted by Gasteiger charge is -2.11. The zero-order chi connectivity index (χ0) is 18.9. The van der Waals surface area contributed by atoms with E-state index in [1.165, 1.54) is 12.1 Å². The van der Waals surface area contributed by atoms with Gasteiger partial charge in [-0.3, -0.25) is 0 Å². The Hall–Kier alpha value is -1.24. The maximum atomic E-state index is 12.1. The SMILES string of the molecule is CCNC(=NCc1ccc(OCC(F)(F)F)cc1)NCCS(C)(=O)=O.I. The van der Waals surface area contributed by atoms with Crippen LogP contribution in [-0.4, -0.2) is 52.3 Å². The quantitative estimate of drug-likeness (QED) is 0.320. The summed E-state index contributed by atoms with van der Waals surface area (Å²) in [5.41, 5.74) is 0.777. The first-order valence-electron chi connectivity index (χ1n) is 7.57. The van der Waals surface area contributed by atoms with Crippen molar-refractivity contribution in [2.24, 2.45) is 4.99 Å². The first-order chi connectivity index (χ1) is 11.6. The summed E-state index contributed by atoms with van der Waals surface area (Å²) in [5.74, 6) is 0.578. The van der Waals surface area contributed by atoms with Gasteiger partial charge in [0, 0.05) is 19.3 Å². The monoisotopic (exact) mass is 509 g/mol. The van der Waals surface area contributed by atoms with Crippen LogP contribution in [-0.2, 0) is 16.4 Å². The Bertz CT molecular complexity index is 665. The van der Waals surface area contributed by atoms with Crippen molar-refractivity contribution >= 4 is 39.8 Å². The maximum Gasteiger partial charge on any atom is 0.422 e. The van der Waals surface area contributed by atoms with Crippen LogP contribution in [0.15, 0.2) is 29.3 Å². The van der Waals surface area contributed by atoms with Crippen molar-refractivity contribution < 1.29 is 26.3 Å². The highest BCUT2D eigenvalue weighted by molar-refractivity contribution is 14.0. The molecule has 0 aromatic heterocycles. The van der Waals surface area contributed by atoms with Crippen LogP contribution in [0.4, 0.5) is 13.2 Å². The average Bonchev–Trinajstić information content (AvgIpc) is 2.49. The summed E-state index contributed by atoms with van der Waals surface area (Å²) >= 11 is 0. The van der Waals surface area contributed by atoms with Crippen molar-refractivity contribution in [3.8, 4) is 5.75 Å². The Labute approximate surface area is 168 Å². The Morgan fingerprint density at radius 1 is 1.19 bits per heavy atom. The van der Waals surface area contributed by atoms with E-state index in [0.717, 1.165) is 11.8 Å². The first kappa shape index (κ1) is 24.8. The molecule has 11 heteroatoms. The van der Waals surface area contributed by atoms with Gasteiger partial charge in [-0.15, -0.1) is 24.0 Å². The van der Waals surface area contributed by atoms with E-state index in [1.54, 1.807) is 12.1 Å². The van der Waals surface area contributed by atoms with E-state index in [2.05, 4.69) is 20.4 Å². The smallest absolute Gasteiger partial charge is 0.422 e. The maximum absolute atomic E-state index is 12.1. The molecule has 0 aliphatic heterocycles. The number of halogens is 4. The van der Waals surface area contributed by atoms with E-state index < -0.39 is 22.6 Å². The van der Waals surface area contributed by atoms with E-state index in [9.17, 15) is 21.6 Å². The number of nitrogens with one attached hydrogen (secondary N) is 2. The fourth-order valence-corrected chi connectivity index (χ4v) is 2.20. The molecule has 0 heterocycles. The number of alkyl halides is 3. The fourth-order valence-electron chi connectivity index (χ4n) is 1.72. The molecule has 0 spiro atoms. The average molecular weight is 509 g/mol. The summed E-state index contributed by atoms with van der Waals surface area (Å²) in [4.78, 5) is 4.30. The molecule has 0 saturated carbocycles. The molecule has 1 rings (SSSR count). The Morgan fingerprint density at radius 2 is 1.81 bits per heavy atom. The highest BCUT2D eigenvalue weighted by atomic mass is 127. The molecule has 26 heavy (non-hydrogen) atoms. The van der Waals surface area contributed by atoms with Crippen molar-refractivity contribution in [2.45, 2.75) is 19.6 Å². The standard InChI is InChI=1S/C15H22F3N3O3S.HI/c1-3-19-14(20-8-9-25(2,22)23)21-10-12-4-6-13(7-5-12)24-11-15(16,17)18;/h4-7H,3,8-11H2,1-2H3,(H2,19,20,21);1H. The van der Waals surface area contributed by atoms with Gasteiger partial charge in [-0.25, -0.2) is 13.4 Å². The highest BCUT2D eigenvalue weighted by Gasteiger charge is 2.28. The minimum absolute atomic E-state index is 0. The van der Waals surface area contributed by atoms with Gasteiger partial charge in [0.05, 0.1) is 12.3 Å². The van der Waals surface area contributed by atoms with Crippen LogP contribution in [0.25, 0.3) is 0 Å². The summed E-state index contributed by atoms with van der Waals surface area (Å²) in [5, 5.41) is 5.89. The van der Waals surface area contributed by atoms with Crippen LogP contribution in [0.5, 0.6) is 5.75 Å². The molecule has 1 aromatic rings. The van der Waals surface area contributed by atoms with Crippen molar-refractivity contribution in [2.75, 3.05) is 31.7 Å². The number of rotatable bonds is 8. The van der Waals surface area contributed by atoms with Crippen LogP contribution >= 0.6 is 24.0 Å². The van der Waals surface area contributed by atoms with Crippen LogP contribution < -0.4 is 15.4 Å². The molecule has 0 aliphatic carbocycles. The van der Waals surface area contributed by atoms with E-state index in [1.807, 2.05) is 6.92 Å². The van der Waals surface area contributed by atoms with Crippen LogP contribution in [0.2, 0.25) is 0 Å². The van der Waals surface area contributed by atoms with Crippen molar-refractivity contribution in [3.05, 3.63) is 29.8 Å². The van der Waals surface area contributed by atoms with Gasteiger partial charge in [-0.05, 0) is 24.6 Å². The Kier molecular flexibility index (Phi) is 10.9. The second-order valence-electron chi connectivity index (χ2n) is 5.30. The number of hydrogen-bond donors (Lipinski definition) is 2. The number of nitrogens with zero attached hydrogens (tertiary/aromatic N) is 1. The minimum Gasteiger partial charge on any atom is -0.484 e. The second-order valence-corrected chi connectivity index (χ2v) is 7.56. The molecule has 1 aromatic carbocycles. The molecule has 6 nitrogen and oxygen atoms in total. The van der Waals surface area contributed by atoms with Gasteiger partial charge in [0.1, 0.15) is 15.6 Å². The van der Waals surface area contributed by atoms with E-state index >= 15 is 0 Å². The van der Waals surface area contributed by atoms with Gasteiger partial charge in [-0.1, -0.05) is 12.1 Å². The van der Waals surface area contributed by atoms with Gasteiger partial charge in [0.15, 0.2) is 12.6 Å². The molecule has 2 N–H and O–H groups in total. The lowest BCUT2D eigenvalue weighted by Crippen LogP contribution is -2.39. The van der Waals surface area contributed by atoms with E-state index in [4.69, 9.17) is 0 Å². The van der Waals surface area contributed by atoms with E-state index in [-0.39, 0.29) is 48.6 Å². The zero-order valence-corrected chi connectivity index (χ0v) is 17.6. The van der Waals surface area contributed by atoms with Crippen molar-refractivity contribution in [1.29, 1.82) is 0 Å². The highest BCUT2D eigenvalue weighted by Crippen LogP contribution is 2.19. The summed E-state index contributed by atoms with van der Waals surface area (Å²) in [6.45, 7) is 1.66. The summed E-state index contributed by atoms with van der Waals surface area (Å²) in [6, 6.07) is 6.13. The molecular formula is C15H23F3IN3O3S. The first-order valence-corrected chi connectivity index (χ1v) is 9.63. The number of sulfone groups is 1. The molecule has 0 atom stereocenters. The summed E-state index contributed by atoms with van der Waals surface area (Å²) in [6.07, 6.45) is -3.22. The summed E-state index contributed by atoms with van der Waals surface area (Å²) < 4.78 is 63.1. The van der Waals surface area contributed by atoms with E-state index in [0.29, 0.717) is 12.5 Å². The third-order valence-electron chi connectivity index (χ3n) is 2.86. The molecule has 0 saturated heterocycles. The van der Waals surface area contributed by atoms with Gasteiger partial charge >= 0.3 is 6.18 Å². The molecular weight excluding hydrogens is 486 g/mol. The minimum atomic E-state index is -4.37. The predicted octanol–water partition coefficient (Wildman–Crippen LogP) is 2.35. The number of ether oxygens (including phenoxy) is 1. The molecule has 0 bridgehead atoms. The van der Waals surface area contributed by atoms with Gasteiger partial charge in [-0.2, -0.15) is 13.2 Å². The molecule has 0 radical (unpaired) electrons. The second kappa shape index (κ2) is 11.5. The zero-order valence-electron chi connectivity index (χ0n) is 14.5. The van der Waals surface area contributed by atoms with Gasteiger partial charge in [0.25, 0.3) is 0 Å². The molecule has 150 valence electrons. The lowest BCUT2D eigenvalue weighted by atomic mass is 10.2. The third kappa shape index (κ3) is 12.2. The van der Waals surface area contributed by atoms with Crippen molar-refractivity contribution in [1.82, 2.24) is 10.6 Å². The van der Waals surface area contributed by atoms with Crippen LogP contribution in [0, 0.1) is 0 Å². The largest absolute Gasteiger partial charge is 0.484 e. The lowest BCUT2D eigenvalue weighted by molar-refractivity contribution is -0.153. The summed E-state index contributed by atoms with van der Waals surface area (Å²) in [7, 11) is -3.06. The number of guanidine groups is 1. The third-order valence-corrected chi connectivity index (χ3v) is 3.80. The topological polar surface area (TPSA) is 79.8 Å². The van der Waals surface area contributed by atoms with Gasteiger partial charge < -0.3 is 15.4 Å². The molecule has 0 unspecified atom stereocenters. The van der Waals surface area contributed by atoms with Crippen LogP contribution in [0.3, 0.4) is 0 Å². The molecule has 0 aliphatic rings. The normalized spacial score (nSPS) is 12.3. The van der Waals surface area contributed by atoms with Gasteiger partial charge in [0.2, 0.25) is 0 Å². The number of hydrogen-bond acceptors (Lipinski definition) is 4.